The van der Waals surface area contributed by atoms with Gasteiger partial charge in [0.05, 0.1) is 10.7 Å². The van der Waals surface area contributed by atoms with Gasteiger partial charge in [0, 0.05) is 12.5 Å². The normalized spacial score (nSPS) is 21.5. The molecule has 1 atom stereocenters. The van der Waals surface area contributed by atoms with E-state index in [0.29, 0.717) is 10.8 Å². The van der Waals surface area contributed by atoms with Crippen LogP contribution in [-0.2, 0) is 6.42 Å². The van der Waals surface area contributed by atoms with E-state index in [2.05, 4.69) is 16.9 Å². The molecule has 0 aromatic carbocycles. The molecule has 4 nitrogen and oxygen atoms in total. The van der Waals surface area contributed by atoms with Crippen molar-refractivity contribution < 1.29 is 9.90 Å². The highest BCUT2D eigenvalue weighted by molar-refractivity contribution is 7.13. The molecular weight excluding hydrogens is 224 g/mol. The van der Waals surface area contributed by atoms with E-state index in [4.69, 9.17) is 5.11 Å². The smallest absolute Gasteiger partial charge is 0.347 e. The van der Waals surface area contributed by atoms with E-state index in [1.807, 2.05) is 6.92 Å². The Kier molecular flexibility index (Phi) is 3.25. The fourth-order valence-electron chi connectivity index (χ4n) is 2.12. The summed E-state index contributed by atoms with van der Waals surface area (Å²) in [4.78, 5) is 18.3. The first-order valence-electron chi connectivity index (χ1n) is 5.53. The van der Waals surface area contributed by atoms with Crippen LogP contribution >= 0.6 is 11.3 Å². The van der Waals surface area contributed by atoms with Gasteiger partial charge in [0.25, 0.3) is 0 Å². The van der Waals surface area contributed by atoms with E-state index in [1.165, 1.54) is 11.3 Å². The zero-order valence-corrected chi connectivity index (χ0v) is 10.4. The number of aryl methyl sites for hydroxylation is 1. The van der Waals surface area contributed by atoms with Crippen molar-refractivity contribution in [1.82, 2.24) is 9.88 Å². The fourth-order valence-corrected chi connectivity index (χ4v) is 3.05. The van der Waals surface area contributed by atoms with Crippen LogP contribution in [0.3, 0.4) is 0 Å². The van der Waals surface area contributed by atoms with Crippen molar-refractivity contribution in [2.24, 2.45) is 0 Å². The number of aromatic nitrogens is 1. The van der Waals surface area contributed by atoms with Crippen LogP contribution in [0.15, 0.2) is 0 Å². The number of carboxylic acid groups (broad SMARTS) is 1. The molecule has 1 aromatic rings. The van der Waals surface area contributed by atoms with Crippen molar-refractivity contribution in [3.63, 3.8) is 0 Å². The molecule has 1 N–H and O–H groups in total. The lowest BCUT2D eigenvalue weighted by Gasteiger charge is -2.08. The largest absolute Gasteiger partial charge is 0.477 e. The van der Waals surface area contributed by atoms with E-state index >= 15 is 0 Å². The Hall–Kier alpha value is -0.940. The number of carboxylic acids is 1. The molecule has 1 aliphatic rings. The number of aromatic carboxylic acids is 1. The van der Waals surface area contributed by atoms with Crippen LogP contribution < -0.4 is 0 Å². The summed E-state index contributed by atoms with van der Waals surface area (Å²) in [6.07, 6.45) is 1.83. The van der Waals surface area contributed by atoms with Gasteiger partial charge in [0.2, 0.25) is 0 Å². The SMILES string of the molecule is CCc1nc(C2CCN(C)C2)c(C(=O)O)s1. The lowest BCUT2D eigenvalue weighted by molar-refractivity contribution is 0.0700. The molecule has 1 aromatic heterocycles. The Balaban J connectivity index is 2.31. The molecule has 1 unspecified atom stereocenters. The summed E-state index contributed by atoms with van der Waals surface area (Å²) in [6, 6.07) is 0. The van der Waals surface area contributed by atoms with E-state index in [0.717, 1.165) is 36.6 Å². The van der Waals surface area contributed by atoms with Crippen LogP contribution in [0.25, 0.3) is 0 Å². The maximum atomic E-state index is 11.1. The monoisotopic (exact) mass is 240 g/mol. The standard InChI is InChI=1S/C11H16N2O2S/c1-3-8-12-9(10(16-8)11(14)15)7-4-5-13(2)6-7/h7H,3-6H2,1-2H3,(H,14,15). The number of likely N-dealkylation sites (tertiary alicyclic amines) is 1. The summed E-state index contributed by atoms with van der Waals surface area (Å²) in [5, 5.41) is 10.1. The van der Waals surface area contributed by atoms with Gasteiger partial charge in [-0.3, -0.25) is 0 Å². The molecule has 2 heterocycles. The molecule has 1 saturated heterocycles. The molecule has 1 aliphatic heterocycles. The third kappa shape index (κ3) is 2.10. The molecule has 0 spiro atoms. The molecule has 0 radical (unpaired) electrons. The predicted octanol–water partition coefficient (Wildman–Crippen LogP) is 1.82. The second kappa shape index (κ2) is 4.51. The molecule has 1 fully saturated rings. The highest BCUT2D eigenvalue weighted by Gasteiger charge is 2.28. The highest BCUT2D eigenvalue weighted by Crippen LogP contribution is 2.31. The van der Waals surface area contributed by atoms with Crippen molar-refractivity contribution in [2.75, 3.05) is 20.1 Å². The molecule has 0 saturated carbocycles. The average Bonchev–Trinajstić information content (AvgIpc) is 2.82. The van der Waals surface area contributed by atoms with Gasteiger partial charge in [-0.1, -0.05) is 6.92 Å². The summed E-state index contributed by atoms with van der Waals surface area (Å²) in [5.74, 6) is -0.533. The van der Waals surface area contributed by atoms with Gasteiger partial charge in [-0.05, 0) is 26.4 Å². The Morgan fingerprint density at radius 1 is 1.69 bits per heavy atom. The number of rotatable bonds is 3. The number of thiazole rings is 1. The topological polar surface area (TPSA) is 53.4 Å². The molecule has 0 amide bonds. The van der Waals surface area contributed by atoms with Gasteiger partial charge in [-0.2, -0.15) is 0 Å². The first-order chi connectivity index (χ1) is 7.61. The van der Waals surface area contributed by atoms with Gasteiger partial charge in [0.15, 0.2) is 0 Å². The summed E-state index contributed by atoms with van der Waals surface area (Å²) in [5.41, 5.74) is 0.804. The molecule has 5 heteroatoms. The van der Waals surface area contributed by atoms with Crippen LogP contribution in [0.2, 0.25) is 0 Å². The molecule has 88 valence electrons. The minimum atomic E-state index is -0.832. The van der Waals surface area contributed by atoms with Gasteiger partial charge < -0.3 is 10.0 Å². The average molecular weight is 240 g/mol. The minimum absolute atomic E-state index is 0.299. The van der Waals surface area contributed by atoms with Crippen molar-refractivity contribution in [2.45, 2.75) is 25.7 Å². The van der Waals surface area contributed by atoms with Gasteiger partial charge >= 0.3 is 5.97 Å². The predicted molar refractivity (Wildman–Crippen MR) is 63.3 cm³/mol. The highest BCUT2D eigenvalue weighted by atomic mass is 32.1. The zero-order valence-electron chi connectivity index (χ0n) is 9.56. The van der Waals surface area contributed by atoms with Gasteiger partial charge in [-0.15, -0.1) is 11.3 Å². The van der Waals surface area contributed by atoms with Crippen molar-refractivity contribution in [3.05, 3.63) is 15.6 Å². The van der Waals surface area contributed by atoms with Crippen LogP contribution in [-0.4, -0.2) is 41.1 Å². The Morgan fingerprint density at radius 3 is 2.94 bits per heavy atom. The molecule has 2 rings (SSSR count). The Labute approximate surface area is 98.9 Å². The summed E-state index contributed by atoms with van der Waals surface area (Å²) < 4.78 is 0. The fraction of sp³-hybridized carbons (Fsp3) is 0.636. The second-order valence-corrected chi connectivity index (χ2v) is 5.31. The first-order valence-corrected chi connectivity index (χ1v) is 6.35. The first kappa shape index (κ1) is 11.5. The lowest BCUT2D eigenvalue weighted by Crippen LogP contribution is -2.14. The Morgan fingerprint density at radius 2 is 2.44 bits per heavy atom. The van der Waals surface area contributed by atoms with Crippen LogP contribution in [0.1, 0.15) is 39.6 Å². The molecular formula is C11H16N2O2S. The molecule has 16 heavy (non-hydrogen) atoms. The zero-order chi connectivity index (χ0) is 11.7. The molecule has 0 bridgehead atoms. The van der Waals surface area contributed by atoms with E-state index in [1.54, 1.807) is 0 Å². The summed E-state index contributed by atoms with van der Waals surface area (Å²) >= 11 is 1.33. The maximum Gasteiger partial charge on any atom is 0.347 e. The Bertz CT molecular complexity index is 403. The number of likely N-dealkylation sites (N-methyl/N-ethyl adjacent to an activating group) is 1. The van der Waals surface area contributed by atoms with Crippen molar-refractivity contribution in [1.29, 1.82) is 0 Å². The molecule has 0 aliphatic carbocycles. The summed E-state index contributed by atoms with van der Waals surface area (Å²) in [6.45, 7) is 3.96. The summed E-state index contributed by atoms with van der Waals surface area (Å²) in [7, 11) is 2.06. The quantitative estimate of drug-likeness (QED) is 0.875. The number of hydrogen-bond acceptors (Lipinski definition) is 4. The van der Waals surface area contributed by atoms with E-state index in [-0.39, 0.29) is 0 Å². The lowest BCUT2D eigenvalue weighted by atomic mass is 10.0. The van der Waals surface area contributed by atoms with Gasteiger partial charge in [-0.25, -0.2) is 9.78 Å². The van der Waals surface area contributed by atoms with Gasteiger partial charge in [0.1, 0.15) is 4.88 Å². The number of carbonyl (C=O) groups is 1. The maximum absolute atomic E-state index is 11.1. The minimum Gasteiger partial charge on any atom is -0.477 e. The number of nitrogens with zero attached hydrogens (tertiary/aromatic N) is 2. The van der Waals surface area contributed by atoms with E-state index < -0.39 is 5.97 Å². The second-order valence-electron chi connectivity index (χ2n) is 4.23. The van der Waals surface area contributed by atoms with Crippen LogP contribution in [0.4, 0.5) is 0 Å². The van der Waals surface area contributed by atoms with Crippen LogP contribution in [0.5, 0.6) is 0 Å². The van der Waals surface area contributed by atoms with Crippen LogP contribution in [0, 0.1) is 0 Å². The third-order valence-electron chi connectivity index (χ3n) is 2.97. The van der Waals surface area contributed by atoms with Crippen molar-refractivity contribution >= 4 is 17.3 Å². The number of hydrogen-bond donors (Lipinski definition) is 1. The van der Waals surface area contributed by atoms with Crippen molar-refractivity contribution in [3.8, 4) is 0 Å². The third-order valence-corrected chi connectivity index (χ3v) is 4.18. The van der Waals surface area contributed by atoms with E-state index in [9.17, 15) is 4.79 Å².